The number of fused-ring (bicyclic) bond motifs is 7. The molecule has 2 aliphatic rings. The van der Waals surface area contributed by atoms with Crippen LogP contribution in [0.4, 0.5) is 0 Å². The van der Waals surface area contributed by atoms with Gasteiger partial charge in [0.15, 0.2) is 5.84 Å². The SMILES string of the molecule is C/C1=C(/c2ccc(-c3ccc4c(c3)Sc3ccccc3Cc3ccc5ccccc5c3-c3ccccc3C4)cc2)N=C(c2ccccc2)N=C(c2ccccc2)CC1. The first-order valence-corrected chi connectivity index (χ1v) is 21.0. The number of aliphatic imine (C=N–C) groups is 2. The molecule has 0 atom stereocenters. The number of amidine groups is 1. The fourth-order valence-corrected chi connectivity index (χ4v) is 9.59. The lowest BCUT2D eigenvalue weighted by Gasteiger charge is -2.17. The Hall–Kier alpha value is -6.55. The summed E-state index contributed by atoms with van der Waals surface area (Å²) in [4.78, 5) is 13.1. The zero-order valence-electron chi connectivity index (χ0n) is 32.5. The van der Waals surface area contributed by atoms with Gasteiger partial charge in [-0.1, -0.05) is 188 Å². The number of rotatable bonds is 4. The monoisotopic (exact) mass is 762 g/mol. The summed E-state index contributed by atoms with van der Waals surface area (Å²) in [5.74, 6) is 0.747. The second-order valence-electron chi connectivity index (χ2n) is 15.3. The van der Waals surface area contributed by atoms with Crippen molar-refractivity contribution in [1.82, 2.24) is 0 Å². The Morgan fingerprint density at radius 3 is 1.88 bits per heavy atom. The summed E-state index contributed by atoms with van der Waals surface area (Å²) in [6, 6.07) is 68.4. The van der Waals surface area contributed by atoms with Crippen LogP contribution >= 0.6 is 11.8 Å². The lowest BCUT2D eigenvalue weighted by atomic mass is 9.86. The van der Waals surface area contributed by atoms with Crippen LogP contribution in [0, 0.1) is 0 Å². The van der Waals surface area contributed by atoms with Crippen LogP contribution in [0.25, 0.3) is 38.7 Å². The van der Waals surface area contributed by atoms with E-state index in [9.17, 15) is 0 Å². The maximum atomic E-state index is 5.31. The average molecular weight is 763 g/mol. The lowest BCUT2D eigenvalue weighted by Crippen LogP contribution is -2.10. The van der Waals surface area contributed by atoms with Gasteiger partial charge in [-0.25, -0.2) is 9.98 Å². The Labute approximate surface area is 345 Å². The van der Waals surface area contributed by atoms with Crippen molar-refractivity contribution >= 4 is 39.8 Å². The maximum Gasteiger partial charge on any atom is 0.160 e. The van der Waals surface area contributed by atoms with Crippen LogP contribution in [0.2, 0.25) is 0 Å². The predicted octanol–water partition coefficient (Wildman–Crippen LogP) is 14.3. The zero-order chi connectivity index (χ0) is 38.8. The van der Waals surface area contributed by atoms with E-state index in [0.29, 0.717) is 0 Å². The number of benzene rings is 8. The first kappa shape index (κ1) is 35.8. The van der Waals surface area contributed by atoms with E-state index in [1.807, 2.05) is 17.8 Å². The highest BCUT2D eigenvalue weighted by Gasteiger charge is 2.20. The molecule has 3 heteroatoms. The summed E-state index contributed by atoms with van der Waals surface area (Å²) in [6.07, 6.45) is 3.47. The van der Waals surface area contributed by atoms with Crippen LogP contribution < -0.4 is 0 Å². The fourth-order valence-electron chi connectivity index (χ4n) is 8.48. The second kappa shape index (κ2) is 15.8. The van der Waals surface area contributed by atoms with Crippen molar-refractivity contribution in [2.45, 2.75) is 42.4 Å². The van der Waals surface area contributed by atoms with Crippen molar-refractivity contribution in [3.05, 3.63) is 233 Å². The van der Waals surface area contributed by atoms with Crippen LogP contribution in [-0.2, 0) is 12.8 Å². The molecule has 8 aromatic rings. The highest BCUT2D eigenvalue weighted by Crippen LogP contribution is 2.42. The number of hydrogen-bond donors (Lipinski definition) is 0. The fraction of sp³-hybridized carbons (Fsp3) is 0.0909. The van der Waals surface area contributed by atoms with Gasteiger partial charge in [-0.3, -0.25) is 0 Å². The van der Waals surface area contributed by atoms with Crippen LogP contribution in [0.5, 0.6) is 0 Å². The molecule has 58 heavy (non-hydrogen) atoms. The van der Waals surface area contributed by atoms with Crippen molar-refractivity contribution in [3.63, 3.8) is 0 Å². The molecule has 0 saturated heterocycles. The number of nitrogens with zero attached hydrogens (tertiary/aromatic N) is 2. The molecule has 0 fully saturated rings. The second-order valence-corrected chi connectivity index (χ2v) is 16.4. The minimum Gasteiger partial charge on any atom is -0.232 e. The first-order valence-electron chi connectivity index (χ1n) is 20.2. The molecule has 0 spiro atoms. The molecule has 2 heterocycles. The van der Waals surface area contributed by atoms with E-state index in [2.05, 4.69) is 189 Å². The summed E-state index contributed by atoms with van der Waals surface area (Å²) < 4.78 is 0. The van der Waals surface area contributed by atoms with Gasteiger partial charge < -0.3 is 0 Å². The lowest BCUT2D eigenvalue weighted by molar-refractivity contribution is 1.00. The van der Waals surface area contributed by atoms with Crippen LogP contribution in [0.3, 0.4) is 0 Å². The van der Waals surface area contributed by atoms with Crippen molar-refractivity contribution in [2.24, 2.45) is 9.98 Å². The molecule has 2 nitrogen and oxygen atoms in total. The molecule has 10 rings (SSSR count). The Balaban J connectivity index is 1.03. The Morgan fingerprint density at radius 2 is 1.05 bits per heavy atom. The van der Waals surface area contributed by atoms with Gasteiger partial charge >= 0.3 is 0 Å². The quantitative estimate of drug-likeness (QED) is 0.175. The van der Waals surface area contributed by atoms with Gasteiger partial charge in [0.05, 0.1) is 11.4 Å². The van der Waals surface area contributed by atoms with Gasteiger partial charge in [-0.05, 0) is 111 Å². The molecule has 0 aliphatic carbocycles. The van der Waals surface area contributed by atoms with E-state index in [1.54, 1.807) is 0 Å². The van der Waals surface area contributed by atoms with E-state index in [-0.39, 0.29) is 0 Å². The van der Waals surface area contributed by atoms with Crippen molar-refractivity contribution < 1.29 is 0 Å². The molecule has 0 N–H and O–H groups in total. The Morgan fingerprint density at radius 1 is 0.431 bits per heavy atom. The van der Waals surface area contributed by atoms with Gasteiger partial charge in [0.1, 0.15) is 0 Å². The third kappa shape index (κ3) is 7.15. The smallest absolute Gasteiger partial charge is 0.160 e. The Kier molecular flexibility index (Phi) is 9.74. The van der Waals surface area contributed by atoms with Gasteiger partial charge in [0.25, 0.3) is 0 Å². The van der Waals surface area contributed by atoms with Crippen molar-refractivity contribution in [1.29, 1.82) is 0 Å². The number of hydrogen-bond acceptors (Lipinski definition) is 3. The standard InChI is InChI=1S/C55H42N2S/c1-37-24-33-50(40-15-4-2-5-16-40)56-55(42-17-6-3-7-18-42)57-54(37)41-28-25-38(26-29-41)43-30-31-46-34-44-19-9-12-22-49(44)53-47(32-27-39-14-8-11-21-48(39)53)35-45-20-10-13-23-51(45)58-52(46)36-43/h2-23,25-32,36H,24,33-35H2,1H3/b54-37+,56-50?,57-55?. The molecule has 0 radical (unpaired) electrons. The molecule has 0 amide bonds. The summed E-state index contributed by atoms with van der Waals surface area (Å²) in [5, 5.41) is 2.59. The third-order valence-electron chi connectivity index (χ3n) is 11.6. The molecule has 0 aromatic heterocycles. The molecule has 0 unspecified atom stereocenters. The summed E-state index contributed by atoms with van der Waals surface area (Å²) in [5.41, 5.74) is 17.1. The largest absolute Gasteiger partial charge is 0.232 e. The van der Waals surface area contributed by atoms with Crippen LogP contribution in [0.1, 0.15) is 58.7 Å². The highest BCUT2D eigenvalue weighted by atomic mass is 32.2. The van der Waals surface area contributed by atoms with E-state index < -0.39 is 0 Å². The Bertz CT molecular complexity index is 2900. The summed E-state index contributed by atoms with van der Waals surface area (Å²) in [7, 11) is 0. The summed E-state index contributed by atoms with van der Waals surface area (Å²) >= 11 is 1.90. The van der Waals surface area contributed by atoms with Crippen molar-refractivity contribution in [3.8, 4) is 22.3 Å². The molecule has 0 saturated carbocycles. The van der Waals surface area contributed by atoms with Gasteiger partial charge in [0, 0.05) is 20.9 Å². The van der Waals surface area contributed by atoms with Crippen molar-refractivity contribution in [2.75, 3.05) is 0 Å². The normalized spacial score (nSPS) is 15.3. The molecule has 0 bridgehead atoms. The molecular weight excluding hydrogens is 721 g/mol. The first-order chi connectivity index (χ1) is 28.6. The van der Waals surface area contributed by atoms with E-state index in [1.165, 1.54) is 70.6 Å². The zero-order valence-corrected chi connectivity index (χ0v) is 33.3. The van der Waals surface area contributed by atoms with E-state index in [0.717, 1.165) is 59.6 Å². The van der Waals surface area contributed by atoms with Gasteiger partial charge in [0.2, 0.25) is 0 Å². The third-order valence-corrected chi connectivity index (χ3v) is 12.8. The molecule has 2 aliphatic heterocycles. The molecular formula is C55H42N2S. The average Bonchev–Trinajstić information content (AvgIpc) is 3.29. The topological polar surface area (TPSA) is 24.7 Å². The predicted molar refractivity (Wildman–Crippen MR) is 245 cm³/mol. The van der Waals surface area contributed by atoms with Crippen LogP contribution in [0.15, 0.2) is 213 Å². The van der Waals surface area contributed by atoms with Crippen LogP contribution in [-0.4, -0.2) is 11.5 Å². The summed E-state index contributed by atoms with van der Waals surface area (Å²) in [6.45, 7) is 2.22. The molecule has 278 valence electrons. The maximum absolute atomic E-state index is 5.31. The highest BCUT2D eigenvalue weighted by molar-refractivity contribution is 7.99. The minimum atomic E-state index is 0.747. The van der Waals surface area contributed by atoms with Gasteiger partial charge in [-0.15, -0.1) is 0 Å². The van der Waals surface area contributed by atoms with E-state index in [4.69, 9.17) is 9.98 Å². The van der Waals surface area contributed by atoms with E-state index >= 15 is 0 Å². The number of allylic oxidation sites excluding steroid dienone is 1. The molecule has 8 aromatic carbocycles. The minimum absolute atomic E-state index is 0.747. The van der Waals surface area contributed by atoms with Gasteiger partial charge in [-0.2, -0.15) is 0 Å².